The van der Waals surface area contributed by atoms with Crippen LogP contribution in [0.5, 0.6) is 0 Å². The number of hydrogen-bond acceptors (Lipinski definition) is 4. The second-order valence-electron chi connectivity index (χ2n) is 5.78. The van der Waals surface area contributed by atoms with Gasteiger partial charge in [0, 0.05) is 33.7 Å². The van der Waals surface area contributed by atoms with Crippen molar-refractivity contribution in [1.82, 2.24) is 0 Å². The number of halogens is 12. The minimum atomic E-state index is -10.7. The molecule has 0 unspecified atom stereocenters. The van der Waals surface area contributed by atoms with E-state index in [2.05, 4.69) is 10.2 Å². The van der Waals surface area contributed by atoms with Gasteiger partial charge >= 0.3 is 66.0 Å². The number of rotatable bonds is 6. The molecule has 20 heteroatoms. The minimum absolute atomic E-state index is 0.620. The first-order valence-electron chi connectivity index (χ1n) is 8.55. The molecule has 2 heterocycles. The maximum atomic E-state index is 9.87. The molecule has 2 aromatic rings. The zero-order valence-electron chi connectivity index (χ0n) is 17.1. The molecule has 0 bridgehead atoms. The van der Waals surface area contributed by atoms with Crippen molar-refractivity contribution in [3.8, 4) is 0 Å². The quantitative estimate of drug-likeness (QED) is 0.153. The second-order valence-corrected chi connectivity index (χ2v) is 9.62. The molecule has 0 aliphatic heterocycles. The van der Waals surface area contributed by atoms with Gasteiger partial charge in [-0.1, -0.05) is 0 Å². The maximum absolute atomic E-state index is 10.7. The van der Waals surface area contributed by atoms with E-state index in [1.54, 1.807) is 34.2 Å². The van der Waals surface area contributed by atoms with Crippen LogP contribution in [0.3, 0.4) is 0 Å². The predicted molar refractivity (Wildman–Crippen MR) is 98.8 cm³/mol. The van der Waals surface area contributed by atoms with Gasteiger partial charge in [-0.05, 0) is 13.8 Å². The third-order valence-electron chi connectivity index (χ3n) is 2.41. The van der Waals surface area contributed by atoms with E-state index in [1.165, 1.54) is 0 Å². The molecular weight excluding hydrogens is 546 g/mol. The van der Waals surface area contributed by atoms with Gasteiger partial charge in [0.15, 0.2) is 13.2 Å². The molecule has 200 valence electrons. The molecule has 0 radical (unpaired) electrons. The monoisotopic (exact) mass is 564 g/mol. The van der Waals surface area contributed by atoms with E-state index in [-0.39, 0.29) is 0 Å². The van der Waals surface area contributed by atoms with Crippen LogP contribution in [0.25, 0.3) is 0 Å². The van der Waals surface area contributed by atoms with Crippen LogP contribution >= 0.6 is 15.6 Å². The Labute approximate surface area is 183 Å². The van der Waals surface area contributed by atoms with Gasteiger partial charge in [0.25, 0.3) is 0 Å². The fourth-order valence-electron chi connectivity index (χ4n) is 1.53. The molecule has 0 atom stereocenters. The Bertz CT molecular complexity index is 846. The number of pyridine rings is 2. The van der Waals surface area contributed by atoms with E-state index >= 15 is 0 Å². The average molecular weight is 564 g/mol. The summed E-state index contributed by atoms with van der Waals surface area (Å²) in [7, 11) is -21.3. The van der Waals surface area contributed by atoms with Crippen molar-refractivity contribution in [3.05, 3.63) is 49.1 Å². The summed E-state index contributed by atoms with van der Waals surface area (Å²) in [5.74, 6) is 0. The van der Waals surface area contributed by atoms with Crippen LogP contribution in [0, 0.1) is 0 Å². The molecule has 0 aromatic carbocycles. The van der Waals surface area contributed by atoms with Crippen molar-refractivity contribution in [2.45, 2.75) is 13.8 Å². The first-order valence-corrected chi connectivity index (χ1v) is 12.6. The van der Waals surface area contributed by atoms with Gasteiger partial charge < -0.3 is 0 Å². The van der Waals surface area contributed by atoms with Gasteiger partial charge in [0.2, 0.25) is 24.8 Å². The Morgan fingerprint density at radius 1 is 0.559 bits per heavy atom. The summed E-state index contributed by atoms with van der Waals surface area (Å²) >= 11 is 0. The fraction of sp³-hybridized carbons (Fsp3) is 0.286. The number of azo groups is 1. The molecule has 0 fully saturated rings. The number of nitrogens with zero attached hydrogens (tertiary/aromatic N) is 4. The zero-order chi connectivity index (χ0) is 27.0. The molecule has 0 spiro atoms. The van der Waals surface area contributed by atoms with E-state index in [0.717, 1.165) is 11.4 Å². The summed E-state index contributed by atoms with van der Waals surface area (Å²) in [4.78, 5) is 10.6. The topological polar surface area (TPSA) is 50.9 Å². The van der Waals surface area contributed by atoms with Crippen LogP contribution in [0.2, 0.25) is 0 Å². The zero-order valence-corrected chi connectivity index (χ0v) is 18.9. The molecule has 34 heavy (non-hydrogen) atoms. The molecule has 2 aromatic heterocycles. The SMILES string of the molecule is CCO[n+]1ccc(N=Nc2cc[n+](OCC)cc2)cc1.F[P-](F)(F)(F)(F)F.F[P-](F)(F)(F)(F)F. The Balaban J connectivity index is 0.000000642. The van der Waals surface area contributed by atoms with Crippen LogP contribution in [-0.2, 0) is 0 Å². The molecule has 6 nitrogen and oxygen atoms in total. The van der Waals surface area contributed by atoms with Gasteiger partial charge in [-0.25, -0.2) is 0 Å². The Morgan fingerprint density at radius 3 is 0.941 bits per heavy atom. The standard InChI is InChI=1S/C14H18N4O2.2F6P/c1-3-19-17-9-5-13(6-10-17)15-16-14-7-11-18(12-8-14)20-4-2;2*1-7(2,3,4,5)6/h5-12H,3-4H2,1-2H3;;/q+2;2*-1. The third-order valence-corrected chi connectivity index (χ3v) is 2.41. The van der Waals surface area contributed by atoms with Crippen LogP contribution in [0.4, 0.5) is 61.7 Å². The van der Waals surface area contributed by atoms with Gasteiger partial charge in [-0.3, -0.25) is 9.68 Å². The normalized spacial score (nSPS) is 15.8. The van der Waals surface area contributed by atoms with Crippen LogP contribution in [-0.4, -0.2) is 13.2 Å². The van der Waals surface area contributed by atoms with Crippen molar-refractivity contribution in [1.29, 1.82) is 0 Å². The molecule has 0 amide bonds. The summed E-state index contributed by atoms with van der Waals surface area (Å²) in [5, 5.41) is 8.32. The second kappa shape index (κ2) is 9.29. The van der Waals surface area contributed by atoms with Gasteiger partial charge in [0.1, 0.15) is 0 Å². The summed E-state index contributed by atoms with van der Waals surface area (Å²) in [6.45, 7) is 5.11. The van der Waals surface area contributed by atoms with E-state index < -0.39 is 15.6 Å². The Morgan fingerprint density at radius 2 is 0.765 bits per heavy atom. The fourth-order valence-corrected chi connectivity index (χ4v) is 1.53. The molecule has 0 aliphatic rings. The van der Waals surface area contributed by atoms with Crippen molar-refractivity contribution < 1.29 is 69.5 Å². The van der Waals surface area contributed by atoms with Crippen molar-refractivity contribution in [2.24, 2.45) is 10.2 Å². The summed E-state index contributed by atoms with van der Waals surface area (Å²) in [6.07, 6.45) is 7.19. The molecule has 0 N–H and O–H groups in total. The first-order chi connectivity index (χ1) is 14.7. The van der Waals surface area contributed by atoms with Crippen LogP contribution in [0.1, 0.15) is 13.8 Å². The first kappa shape index (κ1) is 31.5. The predicted octanol–water partition coefficient (Wildman–Crippen LogP) is 8.34. The van der Waals surface area contributed by atoms with Crippen molar-refractivity contribution >= 4 is 27.0 Å². The van der Waals surface area contributed by atoms with Crippen LogP contribution in [0.15, 0.2) is 59.3 Å². The van der Waals surface area contributed by atoms with Crippen LogP contribution < -0.4 is 19.1 Å². The van der Waals surface area contributed by atoms with E-state index in [1.807, 2.05) is 38.1 Å². The molecule has 0 saturated heterocycles. The summed E-state index contributed by atoms with van der Waals surface area (Å²) < 4.78 is 122. The van der Waals surface area contributed by atoms with Crippen molar-refractivity contribution in [3.63, 3.8) is 0 Å². The molecular formula is C14H18F12N4O2P2. The van der Waals surface area contributed by atoms with E-state index in [4.69, 9.17) is 9.68 Å². The van der Waals surface area contributed by atoms with Crippen molar-refractivity contribution in [2.75, 3.05) is 13.2 Å². The summed E-state index contributed by atoms with van der Waals surface area (Å²) in [6, 6.07) is 7.34. The Hall–Kier alpha value is -2.48. The molecule has 2 rings (SSSR count). The van der Waals surface area contributed by atoms with Gasteiger partial charge in [-0.2, -0.15) is 10.2 Å². The summed E-state index contributed by atoms with van der Waals surface area (Å²) in [5.41, 5.74) is 1.53. The number of hydrogen-bond donors (Lipinski definition) is 0. The number of aromatic nitrogens is 2. The average Bonchev–Trinajstić information content (AvgIpc) is 2.58. The van der Waals surface area contributed by atoms with Gasteiger partial charge in [0.05, 0.1) is 11.4 Å². The Kier molecular flexibility index (Phi) is 8.61. The van der Waals surface area contributed by atoms with E-state index in [9.17, 15) is 50.4 Å². The van der Waals surface area contributed by atoms with Gasteiger partial charge in [-0.15, -0.1) is 0 Å². The molecule has 0 aliphatic carbocycles. The third kappa shape index (κ3) is 29.5. The van der Waals surface area contributed by atoms with E-state index in [0.29, 0.717) is 13.2 Å². The molecule has 0 saturated carbocycles.